The molecule has 0 bridgehead atoms. The van der Waals surface area contributed by atoms with Gasteiger partial charge in [-0.15, -0.1) is 0 Å². The number of nitrogens with one attached hydrogen (secondary N) is 1. The lowest BCUT2D eigenvalue weighted by atomic mass is 10.1. The van der Waals surface area contributed by atoms with Crippen LogP contribution in [0, 0.1) is 6.92 Å². The van der Waals surface area contributed by atoms with Crippen molar-refractivity contribution in [3.63, 3.8) is 0 Å². The highest BCUT2D eigenvalue weighted by molar-refractivity contribution is 5.90. The number of amides is 2. The number of aryl methyl sites for hydroxylation is 1. The third-order valence-corrected chi connectivity index (χ3v) is 4.92. The Balaban J connectivity index is 1.71. The van der Waals surface area contributed by atoms with Gasteiger partial charge in [0.05, 0.1) is 18.3 Å². The van der Waals surface area contributed by atoms with Gasteiger partial charge in [-0.1, -0.05) is 36.4 Å². The molecule has 4 heteroatoms. The molecule has 1 N–H and O–H groups in total. The Morgan fingerprint density at radius 1 is 1.04 bits per heavy atom. The standard InChI is InChI=1S/C21H21N3O/c1-15-8-3-5-10-18(15)22-21(25)24-14-17-9-4-6-11-20(17)23-13-7-12-19(23)16(24)2/h3-13,16H,14H2,1-2H3,(H,22,25)/t16-/m0/s1. The van der Waals surface area contributed by atoms with E-state index >= 15 is 0 Å². The fourth-order valence-corrected chi connectivity index (χ4v) is 3.46. The first-order valence-electron chi connectivity index (χ1n) is 8.54. The van der Waals surface area contributed by atoms with Gasteiger partial charge in [0.1, 0.15) is 0 Å². The van der Waals surface area contributed by atoms with Crippen LogP contribution in [0.25, 0.3) is 5.69 Å². The molecule has 4 rings (SSSR count). The average Bonchev–Trinajstić information content (AvgIpc) is 3.07. The lowest BCUT2D eigenvalue weighted by molar-refractivity contribution is 0.189. The number of rotatable bonds is 1. The van der Waals surface area contributed by atoms with E-state index in [1.165, 1.54) is 0 Å². The summed E-state index contributed by atoms with van der Waals surface area (Å²) < 4.78 is 2.18. The van der Waals surface area contributed by atoms with E-state index in [-0.39, 0.29) is 12.1 Å². The Hall–Kier alpha value is -3.01. The third kappa shape index (κ3) is 2.70. The van der Waals surface area contributed by atoms with Gasteiger partial charge >= 0.3 is 6.03 Å². The molecule has 0 fully saturated rings. The minimum absolute atomic E-state index is 0.0218. The molecule has 25 heavy (non-hydrogen) atoms. The number of hydrogen-bond donors (Lipinski definition) is 1. The summed E-state index contributed by atoms with van der Waals surface area (Å²) in [5, 5.41) is 3.07. The number of carbonyl (C=O) groups is 1. The first-order valence-corrected chi connectivity index (χ1v) is 8.54. The van der Waals surface area contributed by atoms with Gasteiger partial charge in [-0.3, -0.25) is 0 Å². The minimum Gasteiger partial charge on any atom is -0.318 e. The smallest absolute Gasteiger partial charge is 0.318 e. The molecule has 0 radical (unpaired) electrons. The van der Waals surface area contributed by atoms with Crippen LogP contribution in [0.4, 0.5) is 10.5 Å². The fourth-order valence-electron chi connectivity index (χ4n) is 3.46. The van der Waals surface area contributed by atoms with Gasteiger partial charge in [0.2, 0.25) is 0 Å². The molecular formula is C21H21N3O. The first-order chi connectivity index (χ1) is 12.1. The van der Waals surface area contributed by atoms with Crippen molar-refractivity contribution in [2.24, 2.45) is 0 Å². The van der Waals surface area contributed by atoms with Crippen LogP contribution in [-0.4, -0.2) is 15.5 Å². The number of nitrogens with zero attached hydrogens (tertiary/aromatic N) is 2. The predicted molar refractivity (Wildman–Crippen MR) is 99.9 cm³/mol. The molecule has 1 aliphatic heterocycles. The normalized spacial score (nSPS) is 15.9. The summed E-state index contributed by atoms with van der Waals surface area (Å²) >= 11 is 0. The lowest BCUT2D eigenvalue weighted by Gasteiger charge is -2.28. The molecule has 1 aromatic heterocycles. The molecule has 2 aromatic carbocycles. The van der Waals surface area contributed by atoms with Crippen molar-refractivity contribution in [1.82, 2.24) is 9.47 Å². The number of urea groups is 1. The number of para-hydroxylation sites is 2. The van der Waals surface area contributed by atoms with Crippen LogP contribution in [0.5, 0.6) is 0 Å². The molecule has 2 amide bonds. The molecule has 3 aromatic rings. The molecule has 2 heterocycles. The van der Waals surface area contributed by atoms with Crippen LogP contribution in [-0.2, 0) is 6.54 Å². The molecule has 0 spiro atoms. The second-order valence-corrected chi connectivity index (χ2v) is 6.48. The Labute approximate surface area is 147 Å². The SMILES string of the molecule is Cc1ccccc1NC(=O)N1Cc2ccccc2-n2cccc2[C@@H]1C. The largest absolute Gasteiger partial charge is 0.322 e. The predicted octanol–water partition coefficient (Wildman–Crippen LogP) is 4.89. The van der Waals surface area contributed by atoms with Crippen molar-refractivity contribution in [1.29, 1.82) is 0 Å². The number of anilines is 1. The summed E-state index contributed by atoms with van der Waals surface area (Å²) in [5.74, 6) is 0. The molecule has 0 saturated heterocycles. The van der Waals surface area contributed by atoms with Crippen molar-refractivity contribution in [3.8, 4) is 5.69 Å². The Kier molecular flexibility index (Phi) is 3.80. The van der Waals surface area contributed by atoms with Crippen molar-refractivity contribution in [2.75, 3.05) is 5.32 Å². The second-order valence-electron chi connectivity index (χ2n) is 6.48. The van der Waals surface area contributed by atoms with E-state index in [1.54, 1.807) is 0 Å². The second kappa shape index (κ2) is 6.13. The van der Waals surface area contributed by atoms with Crippen molar-refractivity contribution < 1.29 is 4.79 Å². The average molecular weight is 331 g/mol. The zero-order chi connectivity index (χ0) is 17.4. The molecule has 0 unspecified atom stereocenters. The number of hydrogen-bond acceptors (Lipinski definition) is 1. The van der Waals surface area contributed by atoms with E-state index in [2.05, 4.69) is 41.2 Å². The molecular weight excluding hydrogens is 310 g/mol. The van der Waals surface area contributed by atoms with Gasteiger partial charge < -0.3 is 14.8 Å². The van der Waals surface area contributed by atoms with E-state index in [1.807, 2.05) is 54.3 Å². The maximum absolute atomic E-state index is 13.0. The van der Waals surface area contributed by atoms with Gasteiger partial charge in [0.25, 0.3) is 0 Å². The Morgan fingerprint density at radius 2 is 1.80 bits per heavy atom. The van der Waals surface area contributed by atoms with Crippen LogP contribution in [0.3, 0.4) is 0 Å². The monoisotopic (exact) mass is 331 g/mol. The van der Waals surface area contributed by atoms with E-state index in [4.69, 9.17) is 0 Å². The van der Waals surface area contributed by atoms with Crippen molar-refractivity contribution in [2.45, 2.75) is 26.4 Å². The topological polar surface area (TPSA) is 37.3 Å². The Bertz CT molecular complexity index is 928. The minimum atomic E-state index is -0.0775. The highest BCUT2D eigenvalue weighted by Crippen LogP contribution is 2.32. The van der Waals surface area contributed by atoms with Crippen LogP contribution in [0.2, 0.25) is 0 Å². The Morgan fingerprint density at radius 3 is 2.64 bits per heavy atom. The molecule has 1 aliphatic rings. The fraction of sp³-hybridized carbons (Fsp3) is 0.190. The summed E-state index contributed by atoms with van der Waals surface area (Å²) in [6.07, 6.45) is 2.06. The highest BCUT2D eigenvalue weighted by Gasteiger charge is 2.28. The van der Waals surface area contributed by atoms with Gasteiger partial charge in [-0.25, -0.2) is 4.79 Å². The van der Waals surface area contributed by atoms with Crippen LogP contribution >= 0.6 is 0 Å². The zero-order valence-electron chi connectivity index (χ0n) is 14.4. The molecule has 4 nitrogen and oxygen atoms in total. The van der Waals surface area contributed by atoms with E-state index in [0.717, 1.165) is 28.2 Å². The van der Waals surface area contributed by atoms with E-state index < -0.39 is 0 Å². The van der Waals surface area contributed by atoms with Gasteiger partial charge in [-0.2, -0.15) is 0 Å². The third-order valence-electron chi connectivity index (χ3n) is 4.92. The molecule has 0 aliphatic carbocycles. The van der Waals surface area contributed by atoms with E-state index in [9.17, 15) is 4.79 Å². The summed E-state index contributed by atoms with van der Waals surface area (Å²) in [4.78, 5) is 14.9. The van der Waals surface area contributed by atoms with Crippen LogP contribution in [0.1, 0.15) is 29.8 Å². The number of carbonyl (C=O) groups excluding carboxylic acids is 1. The zero-order valence-corrected chi connectivity index (χ0v) is 14.4. The summed E-state index contributed by atoms with van der Waals surface area (Å²) in [6, 6.07) is 20.1. The lowest BCUT2D eigenvalue weighted by Crippen LogP contribution is -2.36. The maximum atomic E-state index is 13.0. The van der Waals surface area contributed by atoms with Crippen LogP contribution < -0.4 is 5.32 Å². The number of fused-ring (bicyclic) bond motifs is 3. The quantitative estimate of drug-likeness (QED) is 0.677. The number of benzene rings is 2. The highest BCUT2D eigenvalue weighted by atomic mass is 16.2. The van der Waals surface area contributed by atoms with Crippen LogP contribution in [0.15, 0.2) is 66.9 Å². The van der Waals surface area contributed by atoms with Gasteiger partial charge in [0.15, 0.2) is 0 Å². The summed E-state index contributed by atoms with van der Waals surface area (Å²) in [6.45, 7) is 4.66. The maximum Gasteiger partial charge on any atom is 0.322 e. The number of aromatic nitrogens is 1. The van der Waals surface area contributed by atoms with Gasteiger partial charge in [0, 0.05) is 17.6 Å². The van der Waals surface area contributed by atoms with Crippen molar-refractivity contribution in [3.05, 3.63) is 83.7 Å². The first kappa shape index (κ1) is 15.5. The molecule has 1 atom stereocenters. The van der Waals surface area contributed by atoms with E-state index in [0.29, 0.717) is 6.54 Å². The summed E-state index contributed by atoms with van der Waals surface area (Å²) in [7, 11) is 0. The van der Waals surface area contributed by atoms with Gasteiger partial charge in [-0.05, 0) is 49.2 Å². The molecule has 126 valence electrons. The molecule has 0 saturated carbocycles. The van der Waals surface area contributed by atoms with Crippen molar-refractivity contribution >= 4 is 11.7 Å². The summed E-state index contributed by atoms with van der Waals surface area (Å²) in [5.41, 5.74) is 5.31.